The first-order valence-electron chi connectivity index (χ1n) is 19.2. The summed E-state index contributed by atoms with van der Waals surface area (Å²) < 4.78 is 2.18. The quantitative estimate of drug-likeness (QED) is 0.178. The van der Waals surface area contributed by atoms with Crippen molar-refractivity contribution in [3.63, 3.8) is 0 Å². The van der Waals surface area contributed by atoms with Crippen LogP contribution >= 0.6 is 0 Å². The van der Waals surface area contributed by atoms with E-state index in [1.807, 2.05) is 0 Å². The van der Waals surface area contributed by atoms with Crippen molar-refractivity contribution in [2.45, 2.75) is 19.3 Å². The van der Waals surface area contributed by atoms with Gasteiger partial charge in [0.15, 0.2) is 11.6 Å². The predicted molar refractivity (Wildman–Crippen MR) is 231 cm³/mol. The maximum Gasteiger partial charge on any atom is 0.238 e. The lowest BCUT2D eigenvalue weighted by molar-refractivity contribution is 0.660. The Kier molecular flexibility index (Phi) is 7.17. The van der Waals surface area contributed by atoms with Crippen LogP contribution in [0.3, 0.4) is 0 Å². The van der Waals surface area contributed by atoms with Gasteiger partial charge in [-0.15, -0.1) is 0 Å². The number of fused-ring (bicyclic) bond motifs is 7. The summed E-state index contributed by atoms with van der Waals surface area (Å²) in [4.78, 5) is 15.8. The normalized spacial score (nSPS) is 13.0. The Labute approximate surface area is 325 Å². The minimum Gasteiger partial charge on any atom is -0.278 e. The number of aromatic nitrogens is 4. The van der Waals surface area contributed by atoms with Crippen molar-refractivity contribution in [1.82, 2.24) is 19.5 Å². The second kappa shape index (κ2) is 12.4. The van der Waals surface area contributed by atoms with Gasteiger partial charge in [-0.25, -0.2) is 4.98 Å². The molecule has 0 unspecified atom stereocenters. The third-order valence-electron chi connectivity index (χ3n) is 11.7. The van der Waals surface area contributed by atoms with E-state index in [1.165, 1.54) is 49.7 Å². The van der Waals surface area contributed by atoms with E-state index >= 15 is 0 Å². The van der Waals surface area contributed by atoms with E-state index in [0.29, 0.717) is 17.6 Å². The summed E-state index contributed by atoms with van der Waals surface area (Å²) in [5, 5.41) is 4.79. The summed E-state index contributed by atoms with van der Waals surface area (Å²) in [5.74, 6) is 1.87. The first-order chi connectivity index (χ1) is 27.5. The van der Waals surface area contributed by atoms with Crippen LogP contribution in [-0.4, -0.2) is 19.5 Å². The number of hydrogen-bond donors (Lipinski definition) is 0. The molecular weight excluding hydrogens is 681 g/mol. The van der Waals surface area contributed by atoms with Gasteiger partial charge in [0.25, 0.3) is 0 Å². The first kappa shape index (κ1) is 32.3. The Balaban J connectivity index is 1.09. The van der Waals surface area contributed by atoms with Crippen molar-refractivity contribution in [2.24, 2.45) is 0 Å². The molecule has 1 aliphatic rings. The molecule has 0 atom stereocenters. The molecular formula is C52H36N4. The number of para-hydroxylation sites is 2. The Morgan fingerprint density at radius 2 is 0.911 bits per heavy atom. The fourth-order valence-corrected chi connectivity index (χ4v) is 8.94. The molecule has 0 spiro atoms. The standard InChI is InChI=1S/C52H36N4/c1-52(2)44-23-9-6-18-40(44)41-31-30-37(32-45(41)52)50-53-49(54-51(55-50)56-46-24-10-7-19-42(46)43-20-8-11-25-47(43)56)36-28-26-34(27-29-36)39-22-13-17-35-16-12-21-38(48(35)39)33-14-4-3-5-15-33/h3-32H,1-2H3. The highest BCUT2D eigenvalue weighted by molar-refractivity contribution is 6.09. The highest BCUT2D eigenvalue weighted by atomic mass is 15.2. The van der Waals surface area contributed by atoms with Gasteiger partial charge in [0.1, 0.15) is 0 Å². The van der Waals surface area contributed by atoms with E-state index < -0.39 is 0 Å². The van der Waals surface area contributed by atoms with Gasteiger partial charge in [-0.2, -0.15) is 9.97 Å². The summed E-state index contributed by atoms with van der Waals surface area (Å²) in [6.45, 7) is 4.62. The van der Waals surface area contributed by atoms with Crippen LogP contribution < -0.4 is 0 Å². The van der Waals surface area contributed by atoms with Gasteiger partial charge in [-0.05, 0) is 73.5 Å². The lowest BCUT2D eigenvalue weighted by Crippen LogP contribution is -2.15. The van der Waals surface area contributed by atoms with Crippen molar-refractivity contribution in [3.8, 4) is 62.1 Å². The van der Waals surface area contributed by atoms with E-state index in [2.05, 4.69) is 200 Å². The maximum atomic E-state index is 5.27. The Bertz CT molecular complexity index is 3100. The lowest BCUT2D eigenvalue weighted by Gasteiger charge is -2.21. The van der Waals surface area contributed by atoms with E-state index in [9.17, 15) is 0 Å². The molecule has 0 saturated carbocycles. The largest absolute Gasteiger partial charge is 0.278 e. The van der Waals surface area contributed by atoms with E-state index in [-0.39, 0.29) is 5.41 Å². The van der Waals surface area contributed by atoms with Crippen LogP contribution in [0.25, 0.3) is 94.7 Å². The van der Waals surface area contributed by atoms with Crippen LogP contribution in [0.1, 0.15) is 25.0 Å². The Morgan fingerprint density at radius 3 is 1.61 bits per heavy atom. The van der Waals surface area contributed by atoms with Crippen molar-refractivity contribution in [2.75, 3.05) is 0 Å². The monoisotopic (exact) mass is 716 g/mol. The first-order valence-corrected chi connectivity index (χ1v) is 19.2. The fourth-order valence-electron chi connectivity index (χ4n) is 8.94. The number of benzene rings is 8. The minimum absolute atomic E-state index is 0.148. The molecule has 0 N–H and O–H groups in total. The topological polar surface area (TPSA) is 43.6 Å². The van der Waals surface area contributed by atoms with E-state index in [1.54, 1.807) is 0 Å². The molecule has 0 fully saturated rings. The summed E-state index contributed by atoms with van der Waals surface area (Å²) in [7, 11) is 0. The van der Waals surface area contributed by atoms with Crippen molar-refractivity contribution in [3.05, 3.63) is 193 Å². The van der Waals surface area contributed by atoms with Gasteiger partial charge in [0.2, 0.25) is 5.95 Å². The molecule has 0 bridgehead atoms. The van der Waals surface area contributed by atoms with Gasteiger partial charge < -0.3 is 0 Å². The third kappa shape index (κ3) is 4.96. The zero-order valence-electron chi connectivity index (χ0n) is 31.1. The Morgan fingerprint density at radius 1 is 0.393 bits per heavy atom. The molecule has 11 rings (SSSR count). The molecule has 2 heterocycles. The summed E-state index contributed by atoms with van der Waals surface area (Å²) in [6.07, 6.45) is 0. The average molecular weight is 717 g/mol. The number of nitrogens with zero attached hydrogens (tertiary/aromatic N) is 4. The highest BCUT2D eigenvalue weighted by Gasteiger charge is 2.35. The molecule has 8 aromatic carbocycles. The molecule has 0 radical (unpaired) electrons. The van der Waals surface area contributed by atoms with Gasteiger partial charge >= 0.3 is 0 Å². The van der Waals surface area contributed by atoms with Crippen LogP contribution in [-0.2, 0) is 5.41 Å². The van der Waals surface area contributed by atoms with Gasteiger partial charge in [0, 0.05) is 27.3 Å². The Hall–Kier alpha value is -7.17. The third-order valence-corrected chi connectivity index (χ3v) is 11.7. The van der Waals surface area contributed by atoms with Crippen LogP contribution in [0.4, 0.5) is 0 Å². The average Bonchev–Trinajstić information content (AvgIpc) is 3.71. The zero-order valence-corrected chi connectivity index (χ0v) is 31.1. The highest BCUT2D eigenvalue weighted by Crippen LogP contribution is 2.49. The number of hydrogen-bond acceptors (Lipinski definition) is 3. The van der Waals surface area contributed by atoms with Gasteiger partial charge in [-0.3, -0.25) is 4.57 Å². The van der Waals surface area contributed by atoms with Crippen LogP contribution in [0.15, 0.2) is 182 Å². The molecule has 4 heteroatoms. The molecule has 10 aromatic rings. The molecule has 0 saturated heterocycles. The molecule has 56 heavy (non-hydrogen) atoms. The summed E-state index contributed by atoms with van der Waals surface area (Å²) >= 11 is 0. The van der Waals surface area contributed by atoms with Crippen LogP contribution in [0, 0.1) is 0 Å². The van der Waals surface area contributed by atoms with Crippen LogP contribution in [0.5, 0.6) is 0 Å². The van der Waals surface area contributed by atoms with E-state index in [0.717, 1.165) is 38.5 Å². The van der Waals surface area contributed by atoms with Crippen molar-refractivity contribution < 1.29 is 0 Å². The lowest BCUT2D eigenvalue weighted by atomic mass is 9.82. The predicted octanol–water partition coefficient (Wildman–Crippen LogP) is 13.1. The fraction of sp³-hybridized carbons (Fsp3) is 0.0577. The van der Waals surface area contributed by atoms with Crippen LogP contribution in [0.2, 0.25) is 0 Å². The molecule has 264 valence electrons. The maximum absolute atomic E-state index is 5.27. The SMILES string of the molecule is CC1(C)c2ccccc2-c2ccc(-c3nc(-c4ccc(-c5cccc6cccc(-c7ccccc7)c56)cc4)nc(-n4c5ccccc5c5ccccc54)n3)cc21. The smallest absolute Gasteiger partial charge is 0.238 e. The summed E-state index contributed by atoms with van der Waals surface area (Å²) in [5.41, 5.74) is 13.8. The zero-order chi connectivity index (χ0) is 37.4. The van der Waals surface area contributed by atoms with Gasteiger partial charge in [-0.1, -0.05) is 178 Å². The second-order valence-corrected chi connectivity index (χ2v) is 15.2. The van der Waals surface area contributed by atoms with E-state index in [4.69, 9.17) is 15.0 Å². The molecule has 2 aromatic heterocycles. The second-order valence-electron chi connectivity index (χ2n) is 15.2. The summed E-state index contributed by atoms with van der Waals surface area (Å²) in [6, 6.07) is 64.9. The minimum atomic E-state index is -0.148. The number of rotatable bonds is 5. The van der Waals surface area contributed by atoms with Crippen molar-refractivity contribution >= 4 is 32.6 Å². The van der Waals surface area contributed by atoms with Crippen molar-refractivity contribution in [1.29, 1.82) is 0 Å². The molecule has 0 aliphatic heterocycles. The molecule has 0 amide bonds. The molecule has 1 aliphatic carbocycles. The van der Waals surface area contributed by atoms with Gasteiger partial charge in [0.05, 0.1) is 11.0 Å². The molecule has 4 nitrogen and oxygen atoms in total.